The van der Waals surface area contributed by atoms with E-state index in [1.54, 1.807) is 13.8 Å². The summed E-state index contributed by atoms with van der Waals surface area (Å²) < 4.78 is 26.7. The van der Waals surface area contributed by atoms with E-state index in [0.29, 0.717) is 30.1 Å². The summed E-state index contributed by atoms with van der Waals surface area (Å²) in [5, 5.41) is 6.81. The maximum atomic E-state index is 13.0. The van der Waals surface area contributed by atoms with Crippen molar-refractivity contribution in [2.24, 2.45) is 5.73 Å². The van der Waals surface area contributed by atoms with Gasteiger partial charge in [0.1, 0.15) is 5.00 Å². The van der Waals surface area contributed by atoms with E-state index < -0.39 is 27.4 Å². The number of primary amides is 1. The van der Waals surface area contributed by atoms with Gasteiger partial charge in [-0.25, -0.2) is 8.42 Å². The van der Waals surface area contributed by atoms with Crippen LogP contribution in [0.15, 0.2) is 29.2 Å². The van der Waals surface area contributed by atoms with Gasteiger partial charge in [0, 0.05) is 34.6 Å². The predicted molar refractivity (Wildman–Crippen MR) is 131 cm³/mol. The first kappa shape index (κ1) is 25.4. The van der Waals surface area contributed by atoms with Crippen molar-refractivity contribution < 1.29 is 18.0 Å². The maximum absolute atomic E-state index is 13.0. The van der Waals surface area contributed by atoms with Crippen LogP contribution < -0.4 is 16.4 Å². The van der Waals surface area contributed by atoms with Crippen LogP contribution in [0.3, 0.4) is 0 Å². The molecule has 0 bridgehead atoms. The quantitative estimate of drug-likeness (QED) is 0.548. The molecule has 1 aromatic carbocycles. The van der Waals surface area contributed by atoms with Crippen molar-refractivity contribution in [3.63, 3.8) is 0 Å². The van der Waals surface area contributed by atoms with Crippen molar-refractivity contribution in [1.29, 1.82) is 0 Å². The number of nitrogens with zero attached hydrogens (tertiary/aromatic N) is 1. The number of hydrogen-bond donors (Lipinski definition) is 3. The van der Waals surface area contributed by atoms with Crippen LogP contribution in [0.5, 0.6) is 0 Å². The van der Waals surface area contributed by atoms with Gasteiger partial charge in [-0.3, -0.25) is 9.59 Å². The molecular weight excluding hydrogens is 460 g/mol. The molecule has 2 amide bonds. The summed E-state index contributed by atoms with van der Waals surface area (Å²) in [5.74, 6) is -1.02. The van der Waals surface area contributed by atoms with Crippen LogP contribution in [0.1, 0.15) is 72.7 Å². The van der Waals surface area contributed by atoms with Crippen LogP contribution in [0.2, 0.25) is 0 Å². The first-order chi connectivity index (χ1) is 15.2. The van der Waals surface area contributed by atoms with Gasteiger partial charge in [-0.05, 0) is 63.9 Å². The molecule has 2 aromatic rings. The molecule has 33 heavy (non-hydrogen) atoms. The number of anilines is 1. The highest BCUT2D eigenvalue weighted by Gasteiger charge is 2.41. The second-order valence-electron chi connectivity index (χ2n) is 9.36. The number of sulfonamides is 1. The summed E-state index contributed by atoms with van der Waals surface area (Å²) in [6.45, 7) is 12.5. The third kappa shape index (κ3) is 4.84. The van der Waals surface area contributed by atoms with Gasteiger partial charge >= 0.3 is 0 Å². The van der Waals surface area contributed by atoms with Crippen LogP contribution in [0.4, 0.5) is 5.00 Å². The van der Waals surface area contributed by atoms with E-state index in [2.05, 4.69) is 24.5 Å². The summed E-state index contributed by atoms with van der Waals surface area (Å²) in [5.41, 5.74) is 6.57. The summed E-state index contributed by atoms with van der Waals surface area (Å²) >= 11 is 1.34. The largest absolute Gasteiger partial charge is 0.365 e. The van der Waals surface area contributed by atoms with E-state index >= 15 is 0 Å². The van der Waals surface area contributed by atoms with Crippen molar-refractivity contribution in [1.82, 2.24) is 9.62 Å². The highest BCUT2D eigenvalue weighted by molar-refractivity contribution is 7.89. The molecular formula is C23H32N4O4S2. The van der Waals surface area contributed by atoms with Gasteiger partial charge in [0.25, 0.3) is 11.8 Å². The van der Waals surface area contributed by atoms with Crippen LogP contribution >= 0.6 is 11.3 Å². The number of hydrogen-bond acceptors (Lipinski definition) is 6. The lowest BCUT2D eigenvalue weighted by Gasteiger charge is -2.42. The summed E-state index contributed by atoms with van der Waals surface area (Å²) in [7, 11) is -3.61. The molecule has 0 radical (unpaired) electrons. The molecule has 1 aromatic heterocycles. The van der Waals surface area contributed by atoms with Crippen LogP contribution in [-0.2, 0) is 22.0 Å². The topological polar surface area (TPSA) is 122 Å². The third-order valence-corrected chi connectivity index (χ3v) is 9.31. The number of fused-ring (bicyclic) bond motifs is 1. The molecule has 0 atom stereocenters. The lowest BCUT2D eigenvalue weighted by molar-refractivity contribution is 0.0999. The van der Waals surface area contributed by atoms with Gasteiger partial charge in [-0.1, -0.05) is 13.8 Å². The summed E-state index contributed by atoms with van der Waals surface area (Å²) in [6.07, 6.45) is 0.605. The molecule has 0 saturated heterocycles. The first-order valence-electron chi connectivity index (χ1n) is 10.9. The third-order valence-electron chi connectivity index (χ3n) is 5.78. The second kappa shape index (κ2) is 8.83. The van der Waals surface area contributed by atoms with Crippen molar-refractivity contribution in [3.8, 4) is 0 Å². The zero-order valence-electron chi connectivity index (χ0n) is 19.9. The van der Waals surface area contributed by atoms with Gasteiger partial charge in [-0.15, -0.1) is 11.3 Å². The van der Waals surface area contributed by atoms with Crippen LogP contribution in [-0.4, -0.2) is 43.2 Å². The fourth-order valence-corrected chi connectivity index (χ4v) is 7.28. The monoisotopic (exact) mass is 492 g/mol. The Bertz CT molecular complexity index is 1180. The number of thiophene rings is 1. The van der Waals surface area contributed by atoms with Gasteiger partial charge < -0.3 is 16.4 Å². The van der Waals surface area contributed by atoms with Crippen molar-refractivity contribution in [2.45, 2.75) is 63.9 Å². The van der Waals surface area contributed by atoms with E-state index in [4.69, 9.17) is 5.73 Å². The molecule has 1 aliphatic heterocycles. The minimum absolute atomic E-state index is 0.127. The number of benzene rings is 1. The average Bonchev–Trinajstić information content (AvgIpc) is 3.06. The van der Waals surface area contributed by atoms with E-state index in [1.165, 1.54) is 39.9 Å². The summed E-state index contributed by atoms with van der Waals surface area (Å²) in [4.78, 5) is 26.4. The molecule has 2 heterocycles. The number of nitrogens with one attached hydrogen (secondary N) is 2. The second-order valence-corrected chi connectivity index (χ2v) is 12.3. The number of carbonyl (C=O) groups excluding carboxylic acids is 2. The molecule has 8 nitrogen and oxygen atoms in total. The van der Waals surface area contributed by atoms with Gasteiger partial charge in [0.05, 0.1) is 10.5 Å². The van der Waals surface area contributed by atoms with Gasteiger partial charge in [-0.2, -0.15) is 4.31 Å². The molecule has 0 unspecified atom stereocenters. The Balaban J connectivity index is 1.93. The average molecular weight is 493 g/mol. The number of amides is 2. The molecule has 4 N–H and O–H groups in total. The zero-order chi connectivity index (χ0) is 24.8. The maximum Gasteiger partial charge on any atom is 0.256 e. The van der Waals surface area contributed by atoms with E-state index in [-0.39, 0.29) is 16.0 Å². The fraction of sp³-hybridized carbons (Fsp3) is 0.478. The lowest BCUT2D eigenvalue weighted by atomic mass is 9.81. The smallest absolute Gasteiger partial charge is 0.256 e. The van der Waals surface area contributed by atoms with Crippen molar-refractivity contribution in [2.75, 3.05) is 18.4 Å². The lowest BCUT2D eigenvalue weighted by Crippen LogP contribution is -2.55. The summed E-state index contributed by atoms with van der Waals surface area (Å²) in [6, 6.07) is 5.79. The first-order valence-corrected chi connectivity index (χ1v) is 13.2. The minimum atomic E-state index is -3.61. The highest BCUT2D eigenvalue weighted by Crippen LogP contribution is 2.45. The molecule has 3 rings (SSSR count). The number of nitrogens with two attached hydrogens (primary N) is 1. The zero-order valence-corrected chi connectivity index (χ0v) is 21.5. The van der Waals surface area contributed by atoms with E-state index in [0.717, 1.165) is 10.4 Å². The Morgan fingerprint density at radius 2 is 1.70 bits per heavy atom. The fourth-order valence-electron chi connectivity index (χ4n) is 4.54. The highest BCUT2D eigenvalue weighted by atomic mass is 32.2. The Morgan fingerprint density at radius 3 is 2.21 bits per heavy atom. The normalized spacial score (nSPS) is 16.9. The molecule has 10 heteroatoms. The van der Waals surface area contributed by atoms with Crippen LogP contribution in [0, 0.1) is 0 Å². The number of rotatable bonds is 7. The Hall–Kier alpha value is -2.27. The molecule has 0 aliphatic carbocycles. The Kier molecular flexibility index (Phi) is 6.78. The van der Waals surface area contributed by atoms with Gasteiger partial charge in [0.15, 0.2) is 0 Å². The predicted octanol–water partition coefficient (Wildman–Crippen LogP) is 3.29. The van der Waals surface area contributed by atoms with Gasteiger partial charge in [0.2, 0.25) is 10.0 Å². The minimum Gasteiger partial charge on any atom is -0.365 e. The van der Waals surface area contributed by atoms with Crippen molar-refractivity contribution in [3.05, 3.63) is 45.8 Å². The Morgan fingerprint density at radius 1 is 1.12 bits per heavy atom. The number of carbonyl (C=O) groups is 2. The standard InChI is InChI=1S/C23H32N4O4S2/c1-7-27(8-2)33(30,31)15-11-9-14(10-12-15)20(29)25-21-17(19(24)28)16-13-22(3,4)26-23(5,6)18(16)32-21/h9-12,26H,7-8,13H2,1-6H3,(H2,24,28)(H,25,29). The van der Waals surface area contributed by atoms with E-state index in [1.807, 2.05) is 13.8 Å². The van der Waals surface area contributed by atoms with Crippen molar-refractivity contribution >= 4 is 38.2 Å². The molecule has 0 spiro atoms. The SMILES string of the molecule is CCN(CC)S(=O)(=O)c1ccc(C(=O)Nc2sc3c(c2C(N)=O)CC(C)(C)NC3(C)C)cc1. The van der Waals surface area contributed by atoms with Crippen LogP contribution in [0.25, 0.3) is 0 Å². The molecule has 0 fully saturated rings. The Labute approximate surface area is 199 Å². The molecule has 1 aliphatic rings. The molecule has 0 saturated carbocycles. The molecule has 180 valence electrons. The van der Waals surface area contributed by atoms with E-state index in [9.17, 15) is 18.0 Å².